The summed E-state index contributed by atoms with van der Waals surface area (Å²) in [4.78, 5) is 132. The molecule has 4 aromatic heterocycles. The Labute approximate surface area is 746 Å². The summed E-state index contributed by atoms with van der Waals surface area (Å²) in [5, 5.41) is 38.7. The van der Waals surface area contributed by atoms with E-state index in [1.807, 2.05) is 49.2 Å². The number of hydrogen-bond donors (Lipinski definition) is 9. The highest BCUT2D eigenvalue weighted by molar-refractivity contribution is 7.85. The normalized spacial score (nSPS) is 20.2. The predicted octanol–water partition coefficient (Wildman–Crippen LogP) is 11.9. The van der Waals surface area contributed by atoms with E-state index in [4.69, 9.17) is 52.5 Å². The molecule has 35 nitrogen and oxygen atoms in total. The number of nitrogens with zero attached hydrogens (tertiary/aromatic N) is 6. The number of alkyl carbamates (subject to hydrolysis) is 2. The summed E-state index contributed by atoms with van der Waals surface area (Å²) < 4.78 is 93.4. The molecule has 4 aliphatic rings. The van der Waals surface area contributed by atoms with Gasteiger partial charge in [-0.3, -0.25) is 24.0 Å². The number of hydrogen-bond acceptors (Lipinski definition) is 28. The molecule has 2 saturated heterocycles. The van der Waals surface area contributed by atoms with E-state index >= 15 is 0 Å². The molecule has 684 valence electrons. The molecule has 12 rings (SSSR count). The van der Waals surface area contributed by atoms with Crippen LogP contribution < -0.4 is 69.1 Å². The molecular weight excluding hydrogens is 1720 g/mol. The second-order valence-electron chi connectivity index (χ2n) is 35.8. The third kappa shape index (κ3) is 25.5. The lowest BCUT2D eigenvalue weighted by Crippen LogP contribution is -2.60. The minimum Gasteiger partial charge on any atom is -0.497 e. The number of thiazole rings is 2. The molecular formula is C88H112N14O21S4. The molecule has 7 amide bonds. The Kier molecular flexibility index (Phi) is 30.0. The molecule has 10 atom stereocenters. The largest absolute Gasteiger partial charge is 0.497 e. The second-order valence-corrected chi connectivity index (χ2v) is 39.9. The smallest absolute Gasteiger partial charge is 0.409 e. The number of carboxylic acid groups (broad SMARTS) is 1. The molecule has 127 heavy (non-hydrogen) atoms. The first-order chi connectivity index (χ1) is 59.3. The molecule has 2 aliphatic heterocycles. The van der Waals surface area contributed by atoms with Crippen molar-refractivity contribution in [3.05, 3.63) is 145 Å². The highest BCUT2D eigenvalue weighted by atomic mass is 32.2. The van der Waals surface area contributed by atoms with Crippen molar-refractivity contribution >= 4 is 123 Å². The Morgan fingerprint density at radius 3 is 1.27 bits per heavy atom. The van der Waals surface area contributed by atoms with Gasteiger partial charge >= 0.3 is 38.8 Å². The number of carbonyl (C=O) groups excluding carboxylic acids is 7. The van der Waals surface area contributed by atoms with Crippen molar-refractivity contribution in [3.8, 4) is 57.3 Å². The number of ether oxygens (including phenoxy) is 6. The van der Waals surface area contributed by atoms with Gasteiger partial charge in [0, 0.05) is 82.6 Å². The number of benzene rings is 4. The van der Waals surface area contributed by atoms with E-state index < -0.39 is 150 Å². The summed E-state index contributed by atoms with van der Waals surface area (Å²) in [6.07, 6.45) is 0.0274. The highest BCUT2D eigenvalue weighted by Crippen LogP contribution is 2.47. The molecule has 39 heteroatoms. The number of aromatic nitrogens is 4. The Morgan fingerprint density at radius 1 is 0.535 bits per heavy atom. The SMILES string of the molecule is C=C[C@@H]1C[C@]1(NC(=O)[C@@H]1C[C@@H](Oc2cc(-c3csc(NC(C)C)n3)nc3cc(OC)ccc23)CN1C(=O)[C@@H](NC(=O)OC(C)(C)C)C(C)(C)C)C(=O)NS(=O)(=O)Oc1ccccc1.C=C[C@@H]1C[C@]1(NC(=O)[C@@H]1C[C@@H](Oc2cc(-c3csc(NC(C)C)n3)nc3cc(OC)ccc23)CN1C(=O)[C@@H](NC(=O)OC(C)(C)C)C(C)(C)C)C(=O)O.NS(=O)(=O)Oc1ccccc1. The number of pyridine rings is 2. The van der Waals surface area contributed by atoms with E-state index in [-0.39, 0.29) is 62.4 Å². The first-order valence-electron chi connectivity index (χ1n) is 40.9. The van der Waals surface area contributed by atoms with Gasteiger partial charge in [0.05, 0.1) is 49.7 Å². The number of carbonyl (C=O) groups is 8. The van der Waals surface area contributed by atoms with Crippen molar-refractivity contribution in [2.75, 3.05) is 37.9 Å². The average molecular weight is 1830 g/mol. The molecule has 4 aromatic carbocycles. The molecule has 2 aliphatic carbocycles. The van der Waals surface area contributed by atoms with Crippen LogP contribution in [0.25, 0.3) is 44.6 Å². The third-order valence-electron chi connectivity index (χ3n) is 20.3. The molecule has 4 fully saturated rings. The first-order valence-corrected chi connectivity index (χ1v) is 45.5. The standard InChI is InChI=1S/C44H55N7O10S2.C38H50N6O8S.C6H7NO3S/c1-11-26-22-44(26,39(54)50-63(56,57)61-27-15-13-12-14-16-27)49-37(52)34-20-29(23-51(34)38(53)36(42(4,5)6)48-41(55)60-43(7,8)9)59-35-21-32(33-24-62-40(47-33)45-25(2)3)46-31-19-28(58-10)17-18-30(31)35;1-11-21-17-38(21,33(47)48)43-31(45)28-15-23(18-44(28)32(46)30(36(4,5)6)42-35(49)52-37(7,8)9)51-29-16-26(27-19-53-34(41-27)39-20(2)3)40-25-14-22(50-10)12-13-24(25)29;7-11(8,9)10-6-4-2-1-3-5-6/h11-19,21,24-26,29,34,36H,1,20,22-23H2,2-10H3,(H,45,47)(H,48,55)(H,49,52)(H,50,54);11-14,16,19-21,23,28,30H,1,15,17-18H2,2-10H3,(H,39,41)(H,42,49)(H,43,45)(H,47,48);1-5H,(H2,7,8,9)/t26-,29-,34+,36-,44-;21-,23-,28+,30-,38-;/m11./s1. The number of para-hydroxylation sites is 2. The van der Waals surface area contributed by atoms with Crippen LogP contribution in [-0.4, -0.2) is 197 Å². The van der Waals surface area contributed by atoms with Crippen LogP contribution in [0, 0.1) is 22.7 Å². The molecule has 10 N–H and O–H groups in total. The lowest BCUT2D eigenvalue weighted by atomic mass is 9.85. The van der Waals surface area contributed by atoms with E-state index in [9.17, 15) is 60.3 Å². The maximum atomic E-state index is 14.8. The van der Waals surface area contributed by atoms with Crippen LogP contribution in [0.5, 0.6) is 34.5 Å². The van der Waals surface area contributed by atoms with Crippen LogP contribution in [0.4, 0.5) is 19.9 Å². The highest BCUT2D eigenvalue weighted by Gasteiger charge is 2.63. The number of nitrogens with one attached hydrogen (secondary N) is 7. The Morgan fingerprint density at radius 2 is 0.921 bits per heavy atom. The molecule has 0 unspecified atom stereocenters. The third-order valence-corrected chi connectivity index (χ3v) is 23.2. The van der Waals surface area contributed by atoms with Crippen LogP contribution in [0.3, 0.4) is 0 Å². The fraction of sp³-hybridized carbons (Fsp3) is 0.455. The van der Waals surface area contributed by atoms with Gasteiger partial charge in [0.2, 0.25) is 23.6 Å². The maximum Gasteiger partial charge on any atom is 0.409 e. The van der Waals surface area contributed by atoms with Gasteiger partial charge in [0.25, 0.3) is 5.91 Å². The van der Waals surface area contributed by atoms with Gasteiger partial charge in [-0.2, -0.15) is 22.0 Å². The Hall–Kier alpha value is -11.9. The number of methoxy groups -OCH3 is 2. The summed E-state index contributed by atoms with van der Waals surface area (Å²) >= 11 is 2.88. The predicted molar refractivity (Wildman–Crippen MR) is 481 cm³/mol. The monoisotopic (exact) mass is 1830 g/mol. The number of rotatable bonds is 29. The summed E-state index contributed by atoms with van der Waals surface area (Å²) in [6, 6.07) is 25.6. The van der Waals surface area contributed by atoms with Crippen molar-refractivity contribution in [1.82, 2.24) is 55.7 Å². The van der Waals surface area contributed by atoms with Crippen molar-refractivity contribution in [2.24, 2.45) is 27.8 Å². The summed E-state index contributed by atoms with van der Waals surface area (Å²) in [7, 11) is -5.44. The van der Waals surface area contributed by atoms with Gasteiger partial charge in [0.1, 0.15) is 105 Å². The quantitative estimate of drug-likeness (QED) is 0.0197. The fourth-order valence-corrected chi connectivity index (χ4v) is 17.1. The van der Waals surface area contributed by atoms with E-state index in [0.29, 0.717) is 72.7 Å². The minimum absolute atomic E-state index is 0.0284. The van der Waals surface area contributed by atoms with Gasteiger partial charge in [-0.05, 0) is 141 Å². The fourth-order valence-electron chi connectivity index (χ4n) is 14.2. The average Bonchev–Trinajstić information content (AvgIpc) is 1.61. The van der Waals surface area contributed by atoms with Gasteiger partial charge in [-0.25, -0.2) is 39.0 Å². The van der Waals surface area contributed by atoms with Crippen molar-refractivity contribution < 1.29 is 97.1 Å². The van der Waals surface area contributed by atoms with E-state index in [0.717, 1.165) is 5.13 Å². The van der Waals surface area contributed by atoms with Gasteiger partial charge in [0.15, 0.2) is 10.3 Å². The first kappa shape index (κ1) is 97.3. The molecule has 0 spiro atoms. The van der Waals surface area contributed by atoms with Gasteiger partial charge in [-0.15, -0.1) is 35.8 Å². The minimum atomic E-state index is -4.68. The number of anilines is 2. The van der Waals surface area contributed by atoms with E-state index in [2.05, 4.69) is 54.4 Å². The lowest BCUT2D eigenvalue weighted by molar-refractivity contribution is -0.146. The van der Waals surface area contributed by atoms with Crippen molar-refractivity contribution in [1.29, 1.82) is 0 Å². The van der Waals surface area contributed by atoms with E-state index in [1.165, 1.54) is 68.9 Å². The van der Waals surface area contributed by atoms with Crippen LogP contribution in [0.1, 0.15) is 136 Å². The van der Waals surface area contributed by atoms with Crippen molar-refractivity contribution in [3.63, 3.8) is 0 Å². The van der Waals surface area contributed by atoms with Crippen LogP contribution in [-0.2, 0) is 58.8 Å². The molecule has 0 radical (unpaired) electrons. The number of amides is 7. The lowest BCUT2D eigenvalue weighted by Gasteiger charge is -2.36. The summed E-state index contributed by atoms with van der Waals surface area (Å²) in [5.74, 6) is -3.67. The van der Waals surface area contributed by atoms with E-state index in [1.54, 1.807) is 176 Å². The molecule has 6 heterocycles. The number of fused-ring (bicyclic) bond motifs is 2. The van der Waals surface area contributed by atoms with Crippen LogP contribution >= 0.6 is 22.7 Å². The van der Waals surface area contributed by atoms with Crippen LogP contribution in [0.15, 0.2) is 145 Å². The van der Waals surface area contributed by atoms with Gasteiger partial charge in [-0.1, -0.05) is 90.1 Å². The summed E-state index contributed by atoms with van der Waals surface area (Å²) in [6.45, 7) is 36.4. The van der Waals surface area contributed by atoms with Crippen LogP contribution in [0.2, 0.25) is 0 Å². The molecule has 0 bridgehead atoms. The number of likely N-dealkylation sites (tertiary alicyclic amines) is 2. The Bertz CT molecular complexity index is 5640. The number of nitrogens with two attached hydrogens (primary N) is 1. The number of carboxylic acids is 1. The zero-order valence-corrected chi connectivity index (χ0v) is 77.4. The molecule has 8 aromatic rings. The second kappa shape index (κ2) is 39.1. The molecule has 2 saturated carbocycles. The number of aliphatic carboxylic acids is 1. The van der Waals surface area contributed by atoms with Crippen molar-refractivity contribution in [2.45, 2.75) is 207 Å². The zero-order valence-electron chi connectivity index (χ0n) is 74.1. The zero-order chi connectivity index (χ0) is 93.4. The Balaban J connectivity index is 0.000000238. The summed E-state index contributed by atoms with van der Waals surface area (Å²) in [5.41, 5.74) is -3.18. The topological polar surface area (TPSA) is 467 Å². The maximum absolute atomic E-state index is 14.8. The van der Waals surface area contributed by atoms with Gasteiger partial charge < -0.3 is 83.6 Å².